The Bertz CT molecular complexity index is 856. The summed E-state index contributed by atoms with van der Waals surface area (Å²) in [6, 6.07) is 12.5. The number of hydrogen-bond donors (Lipinski definition) is 1. The number of amides is 1. The van der Waals surface area contributed by atoms with Crippen molar-refractivity contribution in [1.29, 1.82) is 0 Å². The summed E-state index contributed by atoms with van der Waals surface area (Å²) >= 11 is 6.89. The molecular formula is C18H14ClFN2O3S. The summed E-state index contributed by atoms with van der Waals surface area (Å²) in [6.07, 6.45) is -0.115. The molecule has 2 aromatic rings. The van der Waals surface area contributed by atoms with Gasteiger partial charge in [0, 0.05) is 5.02 Å². The SMILES string of the molecule is O=C(O)[C@H]1CC(=O)N(Cc2ccc(Cl)cc2)C(=Nc2ccc(F)cc2)S1. The summed E-state index contributed by atoms with van der Waals surface area (Å²) in [4.78, 5) is 29.7. The van der Waals surface area contributed by atoms with Crippen LogP contribution in [0, 0.1) is 5.82 Å². The Hall–Kier alpha value is -2.38. The van der Waals surface area contributed by atoms with Crippen LogP contribution in [-0.2, 0) is 16.1 Å². The molecule has 0 aliphatic carbocycles. The fourth-order valence-electron chi connectivity index (χ4n) is 2.39. The van der Waals surface area contributed by atoms with Crippen molar-refractivity contribution in [3.05, 3.63) is 64.9 Å². The average Bonchev–Trinajstić information content (AvgIpc) is 2.61. The van der Waals surface area contributed by atoms with Gasteiger partial charge in [-0.3, -0.25) is 14.5 Å². The van der Waals surface area contributed by atoms with Gasteiger partial charge >= 0.3 is 5.97 Å². The fraction of sp³-hybridized carbons (Fsp3) is 0.167. The van der Waals surface area contributed by atoms with Gasteiger partial charge in [-0.15, -0.1) is 0 Å². The molecular weight excluding hydrogens is 379 g/mol. The molecule has 0 bridgehead atoms. The largest absolute Gasteiger partial charge is 0.480 e. The van der Waals surface area contributed by atoms with Crippen LogP contribution in [0.1, 0.15) is 12.0 Å². The first kappa shape index (κ1) is 18.4. The maximum Gasteiger partial charge on any atom is 0.317 e. The zero-order valence-corrected chi connectivity index (χ0v) is 15.0. The molecule has 5 nitrogen and oxygen atoms in total. The van der Waals surface area contributed by atoms with Crippen LogP contribution < -0.4 is 0 Å². The van der Waals surface area contributed by atoms with Crippen molar-refractivity contribution in [2.45, 2.75) is 18.2 Å². The van der Waals surface area contributed by atoms with E-state index in [-0.39, 0.29) is 24.0 Å². The Morgan fingerprint density at radius 1 is 1.23 bits per heavy atom. The first-order chi connectivity index (χ1) is 12.4. The lowest BCUT2D eigenvalue weighted by Gasteiger charge is -2.30. The number of aliphatic imine (C=N–C) groups is 1. The standard InChI is InChI=1S/C18H14ClFN2O3S/c19-12-3-1-11(2-4-12)10-22-16(23)9-15(17(24)25)26-18(22)21-14-7-5-13(20)6-8-14/h1-8,15H,9-10H2,(H,24,25)/t15-/m1/s1. The summed E-state index contributed by atoms with van der Waals surface area (Å²) in [7, 11) is 0. The Labute approximate surface area is 158 Å². The van der Waals surface area contributed by atoms with Gasteiger partial charge in [-0.2, -0.15) is 0 Å². The number of carbonyl (C=O) groups excluding carboxylic acids is 1. The maximum atomic E-state index is 13.1. The Morgan fingerprint density at radius 2 is 1.88 bits per heavy atom. The number of hydrogen-bond acceptors (Lipinski definition) is 4. The second-order valence-corrected chi connectivity index (χ2v) is 7.23. The highest BCUT2D eigenvalue weighted by molar-refractivity contribution is 8.15. The van der Waals surface area contributed by atoms with Crippen LogP contribution in [0.15, 0.2) is 53.5 Å². The minimum Gasteiger partial charge on any atom is -0.480 e. The molecule has 3 rings (SSSR count). The van der Waals surface area contributed by atoms with Gasteiger partial charge in [-0.05, 0) is 42.0 Å². The van der Waals surface area contributed by atoms with Crippen molar-refractivity contribution in [3.63, 3.8) is 0 Å². The lowest BCUT2D eigenvalue weighted by atomic mass is 10.2. The van der Waals surface area contributed by atoms with Crippen molar-refractivity contribution in [3.8, 4) is 0 Å². The molecule has 1 amide bonds. The molecule has 0 aromatic heterocycles. The second kappa shape index (κ2) is 7.88. The average molecular weight is 393 g/mol. The summed E-state index contributed by atoms with van der Waals surface area (Å²) < 4.78 is 13.1. The van der Waals surface area contributed by atoms with E-state index in [1.54, 1.807) is 24.3 Å². The highest BCUT2D eigenvalue weighted by Gasteiger charge is 2.35. The zero-order chi connectivity index (χ0) is 18.7. The molecule has 1 fully saturated rings. The van der Waals surface area contributed by atoms with E-state index in [9.17, 15) is 19.1 Å². The van der Waals surface area contributed by atoms with E-state index < -0.39 is 17.0 Å². The van der Waals surface area contributed by atoms with Gasteiger partial charge in [0.05, 0.1) is 18.7 Å². The number of carboxylic acid groups (broad SMARTS) is 1. The molecule has 0 unspecified atom stereocenters. The third-order valence-corrected chi connectivity index (χ3v) is 5.15. The highest BCUT2D eigenvalue weighted by atomic mass is 35.5. The topological polar surface area (TPSA) is 70.0 Å². The van der Waals surface area contributed by atoms with Crippen LogP contribution in [0.5, 0.6) is 0 Å². The monoisotopic (exact) mass is 392 g/mol. The third-order valence-electron chi connectivity index (χ3n) is 3.72. The van der Waals surface area contributed by atoms with E-state index in [4.69, 9.17) is 11.6 Å². The van der Waals surface area contributed by atoms with E-state index in [0.717, 1.165) is 17.3 Å². The molecule has 1 atom stereocenters. The molecule has 2 aromatic carbocycles. The van der Waals surface area contributed by atoms with Crippen molar-refractivity contribution in [2.75, 3.05) is 0 Å². The van der Waals surface area contributed by atoms with E-state index in [1.165, 1.54) is 29.2 Å². The number of carboxylic acids is 1. The molecule has 1 saturated heterocycles. The summed E-state index contributed by atoms with van der Waals surface area (Å²) in [5, 5.41) is 9.23. The van der Waals surface area contributed by atoms with Crippen LogP contribution in [0.4, 0.5) is 10.1 Å². The van der Waals surface area contributed by atoms with E-state index in [0.29, 0.717) is 10.7 Å². The Morgan fingerprint density at radius 3 is 2.50 bits per heavy atom. The number of halogens is 2. The van der Waals surface area contributed by atoms with Gasteiger partial charge in [0.25, 0.3) is 0 Å². The number of carbonyl (C=O) groups is 2. The van der Waals surface area contributed by atoms with E-state index >= 15 is 0 Å². The molecule has 1 aliphatic heterocycles. The summed E-state index contributed by atoms with van der Waals surface area (Å²) in [6.45, 7) is 0.245. The predicted octanol–water partition coefficient (Wildman–Crippen LogP) is 4.09. The highest BCUT2D eigenvalue weighted by Crippen LogP contribution is 2.30. The Balaban J connectivity index is 1.92. The number of benzene rings is 2. The van der Waals surface area contributed by atoms with Crippen LogP contribution >= 0.6 is 23.4 Å². The number of rotatable bonds is 4. The number of aliphatic carboxylic acids is 1. The molecule has 1 N–H and O–H groups in total. The minimum atomic E-state index is -1.07. The molecule has 0 spiro atoms. The van der Waals surface area contributed by atoms with Crippen molar-refractivity contribution >= 4 is 46.1 Å². The molecule has 0 radical (unpaired) electrons. The summed E-state index contributed by atoms with van der Waals surface area (Å²) in [5.74, 6) is -1.80. The number of nitrogens with zero attached hydrogens (tertiary/aromatic N) is 2. The molecule has 0 saturated carbocycles. The molecule has 1 heterocycles. The lowest BCUT2D eigenvalue weighted by molar-refractivity contribution is -0.139. The van der Waals surface area contributed by atoms with Crippen molar-refractivity contribution in [2.24, 2.45) is 4.99 Å². The van der Waals surface area contributed by atoms with Crippen LogP contribution in [0.3, 0.4) is 0 Å². The maximum absolute atomic E-state index is 13.1. The van der Waals surface area contributed by atoms with E-state index in [1.807, 2.05) is 0 Å². The molecule has 26 heavy (non-hydrogen) atoms. The van der Waals surface area contributed by atoms with Crippen molar-refractivity contribution < 1.29 is 19.1 Å². The van der Waals surface area contributed by atoms with Gasteiger partial charge in [-0.1, -0.05) is 35.5 Å². The smallest absolute Gasteiger partial charge is 0.317 e. The van der Waals surface area contributed by atoms with Crippen LogP contribution in [0.2, 0.25) is 5.02 Å². The lowest BCUT2D eigenvalue weighted by Crippen LogP contribution is -2.43. The van der Waals surface area contributed by atoms with Gasteiger partial charge in [0.1, 0.15) is 11.1 Å². The van der Waals surface area contributed by atoms with Crippen molar-refractivity contribution in [1.82, 2.24) is 4.90 Å². The van der Waals surface area contributed by atoms with Crippen LogP contribution in [-0.4, -0.2) is 32.3 Å². The van der Waals surface area contributed by atoms with E-state index in [2.05, 4.69) is 4.99 Å². The summed E-state index contributed by atoms with van der Waals surface area (Å²) in [5.41, 5.74) is 1.28. The second-order valence-electron chi connectivity index (χ2n) is 5.63. The molecule has 134 valence electrons. The van der Waals surface area contributed by atoms with Gasteiger partial charge in [0.15, 0.2) is 5.17 Å². The van der Waals surface area contributed by atoms with Gasteiger partial charge < -0.3 is 5.11 Å². The quantitative estimate of drug-likeness (QED) is 0.850. The fourth-order valence-corrected chi connectivity index (χ4v) is 3.55. The molecule has 8 heteroatoms. The first-order valence-corrected chi connectivity index (χ1v) is 8.96. The predicted molar refractivity (Wildman–Crippen MR) is 99.1 cm³/mol. The van der Waals surface area contributed by atoms with Gasteiger partial charge in [0.2, 0.25) is 5.91 Å². The van der Waals surface area contributed by atoms with Gasteiger partial charge in [-0.25, -0.2) is 9.38 Å². The molecule has 1 aliphatic rings. The number of amidine groups is 1. The first-order valence-electron chi connectivity index (χ1n) is 7.71. The minimum absolute atomic E-state index is 0.115. The third kappa shape index (κ3) is 4.42. The Kier molecular flexibility index (Phi) is 5.58. The van der Waals surface area contributed by atoms with Crippen LogP contribution in [0.25, 0.3) is 0 Å². The number of thioether (sulfide) groups is 1. The normalized spacial score (nSPS) is 19.0. The zero-order valence-electron chi connectivity index (χ0n) is 13.4.